The zero-order valence-corrected chi connectivity index (χ0v) is 8.99. The summed E-state index contributed by atoms with van der Waals surface area (Å²) in [5.74, 6) is 1.20. The summed E-state index contributed by atoms with van der Waals surface area (Å²) in [4.78, 5) is 1.80. The van der Waals surface area contributed by atoms with Crippen LogP contribution >= 0.6 is 0 Å². The van der Waals surface area contributed by atoms with E-state index in [1.54, 1.807) is 4.80 Å². The fraction of sp³-hybridized carbons (Fsp3) is 0.800. The first kappa shape index (κ1) is 10.2. The minimum absolute atomic E-state index is 0.479. The number of aryl methyl sites for hydroxylation is 1. The van der Waals surface area contributed by atoms with Gasteiger partial charge < -0.3 is 0 Å². The van der Waals surface area contributed by atoms with E-state index in [9.17, 15) is 0 Å². The molecule has 3 heteroatoms. The topological polar surface area (TPSA) is 30.7 Å². The number of nitrogens with zero attached hydrogens (tertiary/aromatic N) is 3. The first-order valence-corrected chi connectivity index (χ1v) is 4.99. The molecular formula is C10H19N3. The Balaban J connectivity index is 2.49. The van der Waals surface area contributed by atoms with Crippen LogP contribution in [0.15, 0.2) is 6.20 Å². The van der Waals surface area contributed by atoms with Crippen molar-refractivity contribution in [1.82, 2.24) is 15.0 Å². The fourth-order valence-electron chi connectivity index (χ4n) is 1.06. The van der Waals surface area contributed by atoms with Crippen molar-refractivity contribution in [2.75, 3.05) is 0 Å². The molecule has 0 aliphatic carbocycles. The second kappa shape index (κ2) is 4.40. The molecule has 0 bridgehead atoms. The van der Waals surface area contributed by atoms with Crippen LogP contribution in [0, 0.1) is 5.92 Å². The van der Waals surface area contributed by atoms with Crippen molar-refractivity contribution in [3.05, 3.63) is 11.9 Å². The smallest absolute Gasteiger partial charge is 0.0852 e. The molecule has 0 spiro atoms. The van der Waals surface area contributed by atoms with Crippen molar-refractivity contribution in [2.24, 2.45) is 5.92 Å². The highest BCUT2D eigenvalue weighted by molar-refractivity contribution is 4.97. The summed E-state index contributed by atoms with van der Waals surface area (Å²) in [5.41, 5.74) is 1.09. The van der Waals surface area contributed by atoms with Crippen molar-refractivity contribution < 1.29 is 0 Å². The molecule has 0 saturated heterocycles. The minimum Gasteiger partial charge on any atom is -0.185 e. The van der Waals surface area contributed by atoms with Crippen molar-refractivity contribution in [2.45, 2.75) is 46.6 Å². The van der Waals surface area contributed by atoms with Crippen LogP contribution in [0.3, 0.4) is 0 Å². The highest BCUT2D eigenvalue weighted by atomic mass is 15.5. The quantitative estimate of drug-likeness (QED) is 0.714. The molecule has 1 rings (SSSR count). The molecule has 0 aromatic carbocycles. The number of rotatable bonds is 4. The van der Waals surface area contributed by atoms with Crippen molar-refractivity contribution in [3.63, 3.8) is 0 Å². The van der Waals surface area contributed by atoms with Crippen molar-refractivity contribution >= 4 is 0 Å². The lowest BCUT2D eigenvalue weighted by Gasteiger charge is -2.02. The Morgan fingerprint density at radius 2 is 2.00 bits per heavy atom. The Morgan fingerprint density at radius 3 is 2.46 bits per heavy atom. The van der Waals surface area contributed by atoms with Crippen molar-refractivity contribution in [3.8, 4) is 0 Å². The summed E-state index contributed by atoms with van der Waals surface area (Å²) >= 11 is 0. The monoisotopic (exact) mass is 181 g/mol. The zero-order valence-electron chi connectivity index (χ0n) is 8.99. The molecule has 0 unspecified atom stereocenters. The summed E-state index contributed by atoms with van der Waals surface area (Å²) in [6.45, 7) is 9.64. The van der Waals surface area contributed by atoms with Crippen LogP contribution in [0.1, 0.15) is 45.7 Å². The SMILES string of the molecule is CC(C)CCn1ncc(C(C)C)n1. The standard InChI is InChI=1S/C10H19N3/c1-8(2)5-6-13-11-7-10(12-13)9(3)4/h7-9H,5-6H2,1-4H3. The van der Waals surface area contributed by atoms with Gasteiger partial charge in [-0.15, -0.1) is 0 Å². The van der Waals surface area contributed by atoms with E-state index in [-0.39, 0.29) is 0 Å². The maximum Gasteiger partial charge on any atom is 0.0852 e. The van der Waals surface area contributed by atoms with Crippen LogP contribution in [-0.4, -0.2) is 15.0 Å². The summed E-state index contributed by atoms with van der Waals surface area (Å²) in [7, 11) is 0. The van der Waals surface area contributed by atoms with Crippen LogP contribution in [0.5, 0.6) is 0 Å². The average molecular weight is 181 g/mol. The summed E-state index contributed by atoms with van der Waals surface area (Å²) < 4.78 is 0. The molecule has 74 valence electrons. The van der Waals surface area contributed by atoms with Gasteiger partial charge in [-0.05, 0) is 18.3 Å². The molecule has 0 amide bonds. The normalized spacial score (nSPS) is 11.5. The second-order valence-electron chi connectivity index (χ2n) is 4.20. The molecule has 0 saturated carbocycles. The predicted octanol–water partition coefficient (Wildman–Crippen LogP) is 2.45. The van der Waals surface area contributed by atoms with Gasteiger partial charge >= 0.3 is 0 Å². The van der Waals surface area contributed by atoms with E-state index < -0.39 is 0 Å². The van der Waals surface area contributed by atoms with Gasteiger partial charge in [0.15, 0.2) is 0 Å². The van der Waals surface area contributed by atoms with Gasteiger partial charge in [0.2, 0.25) is 0 Å². The van der Waals surface area contributed by atoms with Crippen LogP contribution in [-0.2, 0) is 6.54 Å². The maximum atomic E-state index is 4.39. The average Bonchev–Trinajstić information content (AvgIpc) is 2.48. The fourth-order valence-corrected chi connectivity index (χ4v) is 1.06. The van der Waals surface area contributed by atoms with Crippen LogP contribution < -0.4 is 0 Å². The van der Waals surface area contributed by atoms with Crippen LogP contribution in [0.4, 0.5) is 0 Å². The molecule has 0 N–H and O–H groups in total. The molecule has 1 aromatic rings. The summed E-state index contributed by atoms with van der Waals surface area (Å²) in [6, 6.07) is 0. The molecule has 0 aliphatic heterocycles. The van der Waals surface area contributed by atoms with E-state index in [2.05, 4.69) is 37.9 Å². The van der Waals surface area contributed by atoms with Gasteiger partial charge in [0.05, 0.1) is 18.4 Å². The van der Waals surface area contributed by atoms with E-state index in [4.69, 9.17) is 0 Å². The largest absolute Gasteiger partial charge is 0.185 e. The van der Waals surface area contributed by atoms with Gasteiger partial charge in [0.1, 0.15) is 0 Å². The lowest BCUT2D eigenvalue weighted by atomic mass is 10.1. The van der Waals surface area contributed by atoms with E-state index in [0.717, 1.165) is 18.7 Å². The Hall–Kier alpha value is -0.860. The second-order valence-corrected chi connectivity index (χ2v) is 4.20. The van der Waals surface area contributed by atoms with Crippen molar-refractivity contribution in [1.29, 1.82) is 0 Å². The third kappa shape index (κ3) is 3.17. The predicted molar refractivity (Wildman–Crippen MR) is 53.6 cm³/mol. The molecule has 13 heavy (non-hydrogen) atoms. The lowest BCUT2D eigenvalue weighted by Crippen LogP contribution is -2.05. The van der Waals surface area contributed by atoms with Gasteiger partial charge in [0, 0.05) is 0 Å². The van der Waals surface area contributed by atoms with Gasteiger partial charge in [-0.25, -0.2) is 0 Å². The highest BCUT2D eigenvalue weighted by Gasteiger charge is 2.04. The van der Waals surface area contributed by atoms with Gasteiger partial charge in [-0.3, -0.25) is 0 Å². The molecular weight excluding hydrogens is 162 g/mol. The zero-order chi connectivity index (χ0) is 9.84. The number of hydrogen-bond donors (Lipinski definition) is 0. The van der Waals surface area contributed by atoms with Gasteiger partial charge in [-0.2, -0.15) is 15.0 Å². The first-order valence-electron chi connectivity index (χ1n) is 4.99. The lowest BCUT2D eigenvalue weighted by molar-refractivity contribution is 0.446. The highest BCUT2D eigenvalue weighted by Crippen LogP contribution is 2.09. The van der Waals surface area contributed by atoms with Gasteiger partial charge in [-0.1, -0.05) is 27.7 Å². The van der Waals surface area contributed by atoms with Crippen LogP contribution in [0.2, 0.25) is 0 Å². The molecule has 0 atom stereocenters. The Bertz CT molecular complexity index is 250. The van der Waals surface area contributed by atoms with Gasteiger partial charge in [0.25, 0.3) is 0 Å². The minimum atomic E-state index is 0.479. The molecule has 0 radical (unpaired) electrons. The van der Waals surface area contributed by atoms with E-state index in [1.165, 1.54) is 0 Å². The summed E-state index contributed by atoms with van der Waals surface area (Å²) in [5, 5.41) is 8.60. The molecule has 0 fully saturated rings. The molecule has 1 aromatic heterocycles. The number of hydrogen-bond acceptors (Lipinski definition) is 2. The molecule has 1 heterocycles. The van der Waals surface area contributed by atoms with E-state index >= 15 is 0 Å². The van der Waals surface area contributed by atoms with E-state index in [0.29, 0.717) is 11.8 Å². The van der Waals surface area contributed by atoms with Crippen LogP contribution in [0.25, 0.3) is 0 Å². The third-order valence-corrected chi connectivity index (χ3v) is 2.05. The Morgan fingerprint density at radius 1 is 1.31 bits per heavy atom. The summed E-state index contributed by atoms with van der Waals surface area (Å²) in [6.07, 6.45) is 3.01. The Labute approximate surface area is 80.1 Å². The van der Waals surface area contributed by atoms with E-state index in [1.807, 2.05) is 6.20 Å². The Kier molecular flexibility index (Phi) is 3.46. The third-order valence-electron chi connectivity index (χ3n) is 2.05. The molecule has 0 aliphatic rings. The maximum absolute atomic E-state index is 4.39. The first-order chi connectivity index (χ1) is 6.09. The molecule has 3 nitrogen and oxygen atoms in total. The number of aromatic nitrogens is 3.